The Labute approximate surface area is 184 Å². The van der Waals surface area contributed by atoms with Crippen LogP contribution in [0, 0.1) is 0 Å². The zero-order chi connectivity index (χ0) is 22.2. The first-order valence-electron chi connectivity index (χ1n) is 9.02. The fourth-order valence-electron chi connectivity index (χ4n) is 3.12. The summed E-state index contributed by atoms with van der Waals surface area (Å²) in [4.78, 5) is -0.209. The van der Waals surface area contributed by atoms with Crippen LogP contribution < -0.4 is 10.5 Å². The minimum atomic E-state index is -4.21. The van der Waals surface area contributed by atoms with Crippen molar-refractivity contribution in [2.24, 2.45) is 0 Å². The third-order valence-electron chi connectivity index (χ3n) is 4.50. The van der Waals surface area contributed by atoms with E-state index in [2.05, 4.69) is 4.72 Å². The molecule has 1 aromatic heterocycles. The van der Waals surface area contributed by atoms with Crippen molar-refractivity contribution in [3.05, 3.63) is 83.4 Å². The van der Waals surface area contributed by atoms with Crippen LogP contribution in [0.25, 0.3) is 11.0 Å². The van der Waals surface area contributed by atoms with Gasteiger partial charge in [-0.15, -0.1) is 0 Å². The molecule has 0 spiro atoms. The highest BCUT2D eigenvalue weighted by atomic mass is 35.5. The zero-order valence-electron chi connectivity index (χ0n) is 15.9. The van der Waals surface area contributed by atoms with Gasteiger partial charge in [-0.05, 0) is 42.0 Å². The number of anilines is 2. The number of sulfonamides is 1. The molecule has 0 aliphatic rings. The fraction of sp³-hybridized carbons (Fsp3) is 0.0476. The molecule has 0 fully saturated rings. The number of halogens is 1. The molecule has 0 aliphatic carbocycles. The van der Waals surface area contributed by atoms with Crippen molar-refractivity contribution in [1.82, 2.24) is 0 Å². The van der Waals surface area contributed by atoms with E-state index in [0.717, 1.165) is 0 Å². The van der Waals surface area contributed by atoms with Crippen LogP contribution in [0.15, 0.2) is 87.2 Å². The van der Waals surface area contributed by atoms with Crippen LogP contribution in [0.4, 0.5) is 11.4 Å². The van der Waals surface area contributed by atoms with Crippen molar-refractivity contribution >= 4 is 53.8 Å². The number of sulfone groups is 1. The highest BCUT2D eigenvalue weighted by Gasteiger charge is 2.25. The number of rotatable bonds is 6. The minimum absolute atomic E-state index is 0.170. The van der Waals surface area contributed by atoms with Crippen LogP contribution in [0.3, 0.4) is 0 Å². The van der Waals surface area contributed by atoms with E-state index in [1.165, 1.54) is 24.3 Å². The Morgan fingerprint density at radius 3 is 2.42 bits per heavy atom. The maximum Gasteiger partial charge on any atom is 0.295 e. The Balaban J connectivity index is 1.72. The molecule has 0 radical (unpaired) electrons. The van der Waals surface area contributed by atoms with Crippen molar-refractivity contribution in [1.29, 1.82) is 0 Å². The maximum absolute atomic E-state index is 13.1. The van der Waals surface area contributed by atoms with E-state index < -0.39 is 19.9 Å². The summed E-state index contributed by atoms with van der Waals surface area (Å²) < 4.78 is 59.7. The van der Waals surface area contributed by atoms with Gasteiger partial charge in [0.25, 0.3) is 10.0 Å². The predicted octanol–water partition coefficient (Wildman–Crippen LogP) is 4.44. The van der Waals surface area contributed by atoms with Crippen molar-refractivity contribution in [2.45, 2.75) is 15.7 Å². The van der Waals surface area contributed by atoms with Gasteiger partial charge in [0.1, 0.15) is 5.58 Å². The number of furan rings is 1. The van der Waals surface area contributed by atoms with Crippen LogP contribution in [0.2, 0.25) is 5.02 Å². The summed E-state index contributed by atoms with van der Waals surface area (Å²) in [5, 5.41) is 0.432. The smallest absolute Gasteiger partial charge is 0.295 e. The van der Waals surface area contributed by atoms with Gasteiger partial charge in [-0.25, -0.2) is 8.42 Å². The molecule has 1 heterocycles. The summed E-state index contributed by atoms with van der Waals surface area (Å²) in [6.07, 6.45) is 0. The SMILES string of the molecule is Nc1cccc(CS(=O)(=O)c2ccc(Cl)cc2NS(=O)(=O)c2cc3ccccc3o2)c1. The Bertz CT molecular complexity index is 1460. The lowest BCUT2D eigenvalue weighted by Gasteiger charge is -2.13. The van der Waals surface area contributed by atoms with Gasteiger partial charge in [0.15, 0.2) is 9.84 Å². The Kier molecular flexibility index (Phi) is 5.42. The molecule has 10 heteroatoms. The number of hydrogen-bond acceptors (Lipinski definition) is 6. The lowest BCUT2D eigenvalue weighted by Crippen LogP contribution is -2.16. The van der Waals surface area contributed by atoms with Gasteiger partial charge < -0.3 is 10.2 Å². The minimum Gasteiger partial charge on any atom is -0.443 e. The van der Waals surface area contributed by atoms with Gasteiger partial charge in [0, 0.05) is 22.2 Å². The molecule has 4 rings (SSSR count). The van der Waals surface area contributed by atoms with E-state index in [9.17, 15) is 16.8 Å². The third kappa shape index (κ3) is 4.53. The van der Waals surface area contributed by atoms with Crippen molar-refractivity contribution in [3.8, 4) is 0 Å². The highest BCUT2D eigenvalue weighted by molar-refractivity contribution is 7.93. The molecule has 4 aromatic rings. The number of benzene rings is 3. The first-order valence-corrected chi connectivity index (χ1v) is 12.5. The summed E-state index contributed by atoms with van der Waals surface area (Å²) >= 11 is 6.02. The number of para-hydroxylation sites is 1. The van der Waals surface area contributed by atoms with E-state index >= 15 is 0 Å². The van der Waals surface area contributed by atoms with Crippen LogP contribution in [-0.2, 0) is 25.6 Å². The van der Waals surface area contributed by atoms with Crippen LogP contribution in [0.5, 0.6) is 0 Å². The number of nitrogen functional groups attached to an aromatic ring is 1. The monoisotopic (exact) mass is 476 g/mol. The molecule has 3 aromatic carbocycles. The van der Waals surface area contributed by atoms with Gasteiger partial charge in [-0.1, -0.05) is 41.9 Å². The molecular weight excluding hydrogens is 460 g/mol. The van der Waals surface area contributed by atoms with Gasteiger partial charge in [0.05, 0.1) is 16.3 Å². The Morgan fingerprint density at radius 2 is 1.68 bits per heavy atom. The molecule has 0 bridgehead atoms. The topological polar surface area (TPSA) is 119 Å². The Morgan fingerprint density at radius 1 is 0.903 bits per heavy atom. The molecule has 0 saturated heterocycles. The lowest BCUT2D eigenvalue weighted by molar-refractivity contribution is 0.484. The van der Waals surface area contributed by atoms with E-state index in [-0.39, 0.29) is 26.5 Å². The largest absolute Gasteiger partial charge is 0.443 e. The molecular formula is C21H17ClN2O5S2. The molecule has 31 heavy (non-hydrogen) atoms. The summed E-state index contributed by atoms with van der Waals surface area (Å²) in [7, 11) is -8.14. The number of nitrogens with one attached hydrogen (secondary N) is 1. The fourth-order valence-corrected chi connectivity index (χ4v) is 5.89. The highest BCUT2D eigenvalue weighted by Crippen LogP contribution is 2.31. The van der Waals surface area contributed by atoms with Crippen LogP contribution in [0.1, 0.15) is 5.56 Å². The first-order chi connectivity index (χ1) is 14.6. The van der Waals surface area contributed by atoms with Gasteiger partial charge in [-0.2, -0.15) is 8.42 Å². The normalized spacial score (nSPS) is 12.2. The first kappa shape index (κ1) is 21.2. The van der Waals surface area contributed by atoms with Gasteiger partial charge in [-0.3, -0.25) is 4.72 Å². The molecule has 0 atom stereocenters. The van der Waals surface area contributed by atoms with Crippen molar-refractivity contribution in [2.75, 3.05) is 10.5 Å². The summed E-state index contributed by atoms with van der Waals surface area (Å²) in [6, 6.07) is 18.5. The number of hydrogen-bond donors (Lipinski definition) is 2. The molecule has 0 unspecified atom stereocenters. The second-order valence-electron chi connectivity index (χ2n) is 6.85. The van der Waals surface area contributed by atoms with Gasteiger partial charge in [0.2, 0.25) is 5.09 Å². The summed E-state index contributed by atoms with van der Waals surface area (Å²) in [5.74, 6) is -0.362. The Hall–Kier alpha value is -3.01. The quantitative estimate of drug-likeness (QED) is 0.397. The molecule has 0 aliphatic heterocycles. The van der Waals surface area contributed by atoms with Gasteiger partial charge >= 0.3 is 0 Å². The van der Waals surface area contributed by atoms with E-state index in [0.29, 0.717) is 22.2 Å². The van der Waals surface area contributed by atoms with Crippen LogP contribution >= 0.6 is 11.6 Å². The van der Waals surface area contributed by atoms with Crippen molar-refractivity contribution in [3.63, 3.8) is 0 Å². The maximum atomic E-state index is 13.1. The average molecular weight is 477 g/mol. The average Bonchev–Trinajstić information content (AvgIpc) is 3.12. The number of nitrogens with two attached hydrogens (primary N) is 1. The van der Waals surface area contributed by atoms with Crippen molar-refractivity contribution < 1.29 is 21.3 Å². The zero-order valence-corrected chi connectivity index (χ0v) is 18.3. The summed E-state index contributed by atoms with van der Waals surface area (Å²) in [5.41, 5.74) is 6.85. The molecule has 7 nitrogen and oxygen atoms in total. The second-order valence-corrected chi connectivity index (χ2v) is 10.9. The van der Waals surface area contributed by atoms with E-state index in [1.54, 1.807) is 48.5 Å². The number of fused-ring (bicyclic) bond motifs is 1. The molecule has 0 amide bonds. The summed E-state index contributed by atoms with van der Waals surface area (Å²) in [6.45, 7) is 0. The van der Waals surface area contributed by atoms with Crippen LogP contribution in [-0.4, -0.2) is 16.8 Å². The predicted molar refractivity (Wildman–Crippen MR) is 120 cm³/mol. The van der Waals surface area contributed by atoms with E-state index in [1.807, 2.05) is 0 Å². The standard InChI is InChI=1S/C21H17ClN2O5S2/c22-16-8-9-20(30(25,26)13-14-4-3-6-17(23)10-14)18(12-16)24-31(27,28)21-11-15-5-1-2-7-19(15)29-21/h1-12,24H,13,23H2. The lowest BCUT2D eigenvalue weighted by atomic mass is 10.2. The third-order valence-corrected chi connectivity index (χ3v) is 7.69. The molecule has 3 N–H and O–H groups in total. The molecule has 0 saturated carbocycles. The van der Waals surface area contributed by atoms with E-state index in [4.69, 9.17) is 21.8 Å². The second kappa shape index (κ2) is 7.92. The molecule has 160 valence electrons.